The van der Waals surface area contributed by atoms with E-state index in [1.54, 1.807) is 43.5 Å². The van der Waals surface area contributed by atoms with Crippen LogP contribution in [0.25, 0.3) is 6.08 Å². The Balaban J connectivity index is 1.89. The lowest BCUT2D eigenvalue weighted by atomic mass is 10.1. The largest absolute Gasteiger partial charge is 0.497 e. The second-order valence-corrected chi connectivity index (χ2v) is 7.44. The van der Waals surface area contributed by atoms with Crippen molar-refractivity contribution in [3.05, 3.63) is 99.7 Å². The van der Waals surface area contributed by atoms with Crippen LogP contribution in [0.5, 0.6) is 5.75 Å². The molecular weight excluding hydrogens is 444 g/mol. The molecule has 0 saturated carbocycles. The number of ether oxygens (including phenoxy) is 1. The highest BCUT2D eigenvalue weighted by molar-refractivity contribution is 9.10. The summed E-state index contributed by atoms with van der Waals surface area (Å²) in [4.78, 5) is 25.7. The molecule has 6 heteroatoms. The zero-order valence-corrected chi connectivity index (χ0v) is 18.2. The summed E-state index contributed by atoms with van der Waals surface area (Å²) in [5.74, 6) is -0.105. The number of halogens is 1. The van der Waals surface area contributed by atoms with Gasteiger partial charge in [-0.15, -0.1) is 0 Å². The smallest absolute Gasteiger partial charge is 0.272 e. The molecule has 0 heterocycles. The highest BCUT2D eigenvalue weighted by Crippen LogP contribution is 2.18. The number of carbonyl (C=O) groups excluding carboxylic acids is 2. The van der Waals surface area contributed by atoms with Gasteiger partial charge < -0.3 is 15.4 Å². The van der Waals surface area contributed by atoms with Gasteiger partial charge in [-0.25, -0.2) is 0 Å². The molecular formula is C24H21BrN2O3. The fourth-order valence-corrected chi connectivity index (χ4v) is 3.16. The fraction of sp³-hybridized carbons (Fsp3) is 0.0833. The van der Waals surface area contributed by atoms with Crippen molar-refractivity contribution in [1.82, 2.24) is 5.32 Å². The van der Waals surface area contributed by atoms with Gasteiger partial charge in [0.1, 0.15) is 11.4 Å². The molecule has 0 atom stereocenters. The minimum Gasteiger partial charge on any atom is -0.497 e. The zero-order chi connectivity index (χ0) is 21.5. The Bertz CT molecular complexity index is 1070. The molecule has 0 aromatic heterocycles. The Labute approximate surface area is 183 Å². The molecule has 0 aliphatic carbocycles. The third-order valence-electron chi connectivity index (χ3n) is 4.35. The minimum absolute atomic E-state index is 0.126. The minimum atomic E-state index is -0.421. The molecule has 30 heavy (non-hydrogen) atoms. The van der Waals surface area contributed by atoms with E-state index in [1.165, 1.54) is 0 Å². The van der Waals surface area contributed by atoms with Crippen LogP contribution in [-0.4, -0.2) is 18.9 Å². The Kier molecular flexibility index (Phi) is 7.03. The van der Waals surface area contributed by atoms with Gasteiger partial charge >= 0.3 is 0 Å². The molecule has 2 N–H and O–H groups in total. The summed E-state index contributed by atoms with van der Waals surface area (Å²) >= 11 is 3.37. The summed E-state index contributed by atoms with van der Waals surface area (Å²) in [5.41, 5.74) is 3.03. The van der Waals surface area contributed by atoms with E-state index >= 15 is 0 Å². The Morgan fingerprint density at radius 1 is 0.933 bits per heavy atom. The standard InChI is InChI=1S/C24H21BrN2O3/c1-16-7-11-18(12-8-16)26-24(29)22(15-17-9-13-19(30-2)14-10-17)27-23(28)20-5-3-4-6-21(20)25/h3-15H,1-2H3,(H,26,29)(H,27,28)/b22-15+. The van der Waals surface area contributed by atoms with Crippen LogP contribution in [0.4, 0.5) is 5.69 Å². The zero-order valence-electron chi connectivity index (χ0n) is 16.6. The number of hydrogen-bond acceptors (Lipinski definition) is 3. The molecule has 5 nitrogen and oxygen atoms in total. The first kappa shape index (κ1) is 21.3. The second-order valence-electron chi connectivity index (χ2n) is 6.59. The van der Waals surface area contributed by atoms with Gasteiger partial charge in [0, 0.05) is 10.2 Å². The fourth-order valence-electron chi connectivity index (χ4n) is 2.70. The lowest BCUT2D eigenvalue weighted by molar-refractivity contribution is -0.113. The van der Waals surface area contributed by atoms with Gasteiger partial charge in [0.2, 0.25) is 0 Å². The van der Waals surface area contributed by atoms with E-state index in [-0.39, 0.29) is 11.6 Å². The Morgan fingerprint density at radius 2 is 1.60 bits per heavy atom. The van der Waals surface area contributed by atoms with Gasteiger partial charge in [-0.05, 0) is 70.9 Å². The lowest BCUT2D eigenvalue weighted by Gasteiger charge is -2.12. The first-order chi connectivity index (χ1) is 14.5. The predicted octanol–water partition coefficient (Wildman–Crippen LogP) is 5.18. The second kappa shape index (κ2) is 9.89. The highest BCUT2D eigenvalue weighted by atomic mass is 79.9. The molecule has 3 rings (SSSR count). The normalized spacial score (nSPS) is 11.0. The van der Waals surface area contributed by atoms with Crippen molar-refractivity contribution in [1.29, 1.82) is 0 Å². The lowest BCUT2D eigenvalue weighted by Crippen LogP contribution is -2.31. The summed E-state index contributed by atoms with van der Waals surface area (Å²) in [6.07, 6.45) is 1.62. The summed E-state index contributed by atoms with van der Waals surface area (Å²) in [7, 11) is 1.59. The number of benzene rings is 3. The van der Waals surface area contributed by atoms with Gasteiger partial charge in [0.15, 0.2) is 0 Å². The maximum Gasteiger partial charge on any atom is 0.272 e. The van der Waals surface area contributed by atoms with Crippen molar-refractivity contribution in [2.24, 2.45) is 0 Å². The monoisotopic (exact) mass is 464 g/mol. The van der Waals surface area contributed by atoms with E-state index in [2.05, 4.69) is 26.6 Å². The van der Waals surface area contributed by atoms with Gasteiger partial charge in [-0.2, -0.15) is 0 Å². The average Bonchev–Trinajstić information content (AvgIpc) is 2.75. The molecule has 0 aliphatic rings. The van der Waals surface area contributed by atoms with E-state index in [0.29, 0.717) is 21.5 Å². The quantitative estimate of drug-likeness (QED) is 0.494. The van der Waals surface area contributed by atoms with Crippen molar-refractivity contribution < 1.29 is 14.3 Å². The maximum absolute atomic E-state index is 12.9. The number of aryl methyl sites for hydroxylation is 1. The van der Waals surface area contributed by atoms with E-state index in [4.69, 9.17) is 4.74 Å². The number of carbonyl (C=O) groups is 2. The summed E-state index contributed by atoms with van der Waals surface area (Å²) in [6, 6.07) is 21.7. The summed E-state index contributed by atoms with van der Waals surface area (Å²) < 4.78 is 5.81. The number of hydrogen-bond donors (Lipinski definition) is 2. The van der Waals surface area contributed by atoms with Gasteiger partial charge in [-0.1, -0.05) is 42.0 Å². The van der Waals surface area contributed by atoms with Crippen molar-refractivity contribution in [2.75, 3.05) is 12.4 Å². The van der Waals surface area contributed by atoms with E-state index in [9.17, 15) is 9.59 Å². The molecule has 3 aromatic rings. The van der Waals surface area contributed by atoms with Crippen molar-refractivity contribution in [3.8, 4) is 5.75 Å². The first-order valence-corrected chi connectivity index (χ1v) is 10.1. The van der Waals surface area contributed by atoms with E-state index in [0.717, 1.165) is 11.1 Å². The van der Waals surface area contributed by atoms with Crippen LogP contribution in [0.3, 0.4) is 0 Å². The number of nitrogens with one attached hydrogen (secondary N) is 2. The van der Waals surface area contributed by atoms with Crippen LogP contribution in [-0.2, 0) is 4.79 Å². The predicted molar refractivity (Wildman–Crippen MR) is 122 cm³/mol. The van der Waals surface area contributed by atoms with Crippen molar-refractivity contribution in [2.45, 2.75) is 6.92 Å². The summed E-state index contributed by atoms with van der Waals surface area (Å²) in [6.45, 7) is 1.97. The maximum atomic E-state index is 12.9. The molecule has 0 fully saturated rings. The molecule has 0 aliphatic heterocycles. The van der Waals surface area contributed by atoms with Gasteiger partial charge in [0.05, 0.1) is 12.7 Å². The Morgan fingerprint density at radius 3 is 2.23 bits per heavy atom. The molecule has 3 aromatic carbocycles. The third-order valence-corrected chi connectivity index (χ3v) is 5.04. The van der Waals surface area contributed by atoms with Gasteiger partial charge in [0.25, 0.3) is 11.8 Å². The van der Waals surface area contributed by atoms with E-state index in [1.807, 2.05) is 49.4 Å². The van der Waals surface area contributed by atoms with Crippen molar-refractivity contribution in [3.63, 3.8) is 0 Å². The van der Waals surface area contributed by atoms with Crippen LogP contribution in [0.2, 0.25) is 0 Å². The SMILES string of the molecule is COc1ccc(/C=C(/NC(=O)c2ccccc2Br)C(=O)Nc2ccc(C)cc2)cc1. The van der Waals surface area contributed by atoms with Gasteiger partial charge in [-0.3, -0.25) is 9.59 Å². The molecule has 152 valence electrons. The molecule has 2 amide bonds. The van der Waals surface area contributed by atoms with Crippen LogP contribution >= 0.6 is 15.9 Å². The molecule has 0 unspecified atom stereocenters. The van der Waals surface area contributed by atoms with Crippen LogP contribution in [0.1, 0.15) is 21.5 Å². The molecule has 0 spiro atoms. The molecule has 0 radical (unpaired) electrons. The number of rotatable bonds is 6. The summed E-state index contributed by atoms with van der Waals surface area (Å²) in [5, 5.41) is 5.56. The third kappa shape index (κ3) is 5.58. The van der Waals surface area contributed by atoms with Crippen molar-refractivity contribution >= 4 is 39.5 Å². The topological polar surface area (TPSA) is 67.4 Å². The first-order valence-electron chi connectivity index (χ1n) is 9.26. The molecule has 0 bridgehead atoms. The van der Waals surface area contributed by atoms with Crippen LogP contribution in [0.15, 0.2) is 83.0 Å². The Hall–Kier alpha value is -3.38. The number of methoxy groups -OCH3 is 1. The van der Waals surface area contributed by atoms with Crippen LogP contribution in [0, 0.1) is 6.92 Å². The average molecular weight is 465 g/mol. The van der Waals surface area contributed by atoms with Crippen LogP contribution < -0.4 is 15.4 Å². The van der Waals surface area contributed by atoms with E-state index < -0.39 is 5.91 Å². The number of anilines is 1. The number of amides is 2. The molecule has 0 saturated heterocycles. The highest BCUT2D eigenvalue weighted by Gasteiger charge is 2.16.